The number of aryl methyl sites for hydroxylation is 1. The predicted octanol–water partition coefficient (Wildman–Crippen LogP) is 3.82. The number of ether oxygens (including phenoxy) is 1. The van der Waals surface area contributed by atoms with Crippen molar-refractivity contribution in [1.29, 1.82) is 0 Å². The normalized spacial score (nSPS) is 15.9. The Morgan fingerprint density at radius 3 is 2.90 bits per heavy atom. The SMILES string of the molecule is COC(=O)c1cccc(-c2nc3c(s2)CCC3(C)C)c1. The van der Waals surface area contributed by atoms with Crippen molar-refractivity contribution in [3.8, 4) is 10.6 Å². The van der Waals surface area contributed by atoms with E-state index < -0.39 is 0 Å². The van der Waals surface area contributed by atoms with Crippen LogP contribution >= 0.6 is 11.3 Å². The zero-order chi connectivity index (χ0) is 14.3. The lowest BCUT2D eigenvalue weighted by Crippen LogP contribution is -2.12. The molecule has 3 nitrogen and oxygen atoms in total. The molecule has 0 saturated heterocycles. The molecule has 0 bridgehead atoms. The highest BCUT2D eigenvalue weighted by molar-refractivity contribution is 7.15. The molecule has 0 radical (unpaired) electrons. The molecule has 3 rings (SSSR count). The third kappa shape index (κ3) is 2.14. The van der Waals surface area contributed by atoms with E-state index in [9.17, 15) is 4.79 Å². The first-order chi connectivity index (χ1) is 9.51. The number of rotatable bonds is 2. The van der Waals surface area contributed by atoms with Crippen LogP contribution in [-0.4, -0.2) is 18.1 Å². The summed E-state index contributed by atoms with van der Waals surface area (Å²) in [6.45, 7) is 4.49. The first kappa shape index (κ1) is 13.3. The van der Waals surface area contributed by atoms with Crippen molar-refractivity contribution in [2.75, 3.05) is 7.11 Å². The molecule has 1 heterocycles. The van der Waals surface area contributed by atoms with Gasteiger partial charge in [-0.2, -0.15) is 0 Å². The van der Waals surface area contributed by atoms with Crippen molar-refractivity contribution in [3.05, 3.63) is 40.4 Å². The Morgan fingerprint density at radius 2 is 2.20 bits per heavy atom. The van der Waals surface area contributed by atoms with Gasteiger partial charge in [-0.25, -0.2) is 9.78 Å². The maximum absolute atomic E-state index is 11.6. The Bertz CT molecular complexity index is 673. The average molecular weight is 287 g/mol. The summed E-state index contributed by atoms with van der Waals surface area (Å²) < 4.78 is 4.77. The van der Waals surface area contributed by atoms with Crippen LogP contribution in [0.2, 0.25) is 0 Å². The number of aromatic nitrogens is 1. The maximum atomic E-state index is 11.6. The Hall–Kier alpha value is -1.68. The maximum Gasteiger partial charge on any atom is 0.337 e. The largest absolute Gasteiger partial charge is 0.465 e. The summed E-state index contributed by atoms with van der Waals surface area (Å²) in [5.74, 6) is -0.309. The fraction of sp³-hybridized carbons (Fsp3) is 0.375. The standard InChI is InChI=1S/C16H17NO2S/c1-16(2)8-7-12-13(16)17-14(20-12)10-5-4-6-11(9-10)15(18)19-3/h4-6,9H,7-8H2,1-3H3. The first-order valence-corrected chi connectivity index (χ1v) is 7.52. The second-order valence-corrected chi connectivity index (χ2v) is 6.83. The molecule has 4 heteroatoms. The number of hydrogen-bond acceptors (Lipinski definition) is 4. The molecule has 104 valence electrons. The summed E-state index contributed by atoms with van der Waals surface area (Å²) >= 11 is 1.74. The van der Waals surface area contributed by atoms with Gasteiger partial charge in [0, 0.05) is 15.9 Å². The van der Waals surface area contributed by atoms with Crippen molar-refractivity contribution < 1.29 is 9.53 Å². The molecule has 0 unspecified atom stereocenters. The van der Waals surface area contributed by atoms with Gasteiger partial charge in [0.1, 0.15) is 5.01 Å². The number of methoxy groups -OCH3 is 1. The topological polar surface area (TPSA) is 39.2 Å². The third-order valence-electron chi connectivity index (χ3n) is 3.85. The molecule has 0 atom stereocenters. The van der Waals surface area contributed by atoms with Crippen molar-refractivity contribution >= 4 is 17.3 Å². The van der Waals surface area contributed by atoms with E-state index in [1.54, 1.807) is 17.4 Å². The summed E-state index contributed by atoms with van der Waals surface area (Å²) in [6, 6.07) is 7.49. The number of hydrogen-bond donors (Lipinski definition) is 0. The van der Waals surface area contributed by atoms with Gasteiger partial charge in [-0.3, -0.25) is 0 Å². The molecule has 20 heavy (non-hydrogen) atoms. The van der Waals surface area contributed by atoms with E-state index in [4.69, 9.17) is 9.72 Å². The van der Waals surface area contributed by atoms with Gasteiger partial charge in [0.05, 0.1) is 18.4 Å². The van der Waals surface area contributed by atoms with Gasteiger partial charge in [0.2, 0.25) is 0 Å². The molecule has 1 aliphatic rings. The van der Waals surface area contributed by atoms with E-state index in [1.165, 1.54) is 24.1 Å². The van der Waals surface area contributed by atoms with Crippen LogP contribution in [0.3, 0.4) is 0 Å². The summed E-state index contributed by atoms with van der Waals surface area (Å²) in [5, 5.41) is 0.994. The summed E-state index contributed by atoms with van der Waals surface area (Å²) in [7, 11) is 1.40. The van der Waals surface area contributed by atoms with E-state index in [0.29, 0.717) is 5.56 Å². The smallest absolute Gasteiger partial charge is 0.337 e. The fourth-order valence-electron chi connectivity index (χ4n) is 2.61. The van der Waals surface area contributed by atoms with E-state index in [0.717, 1.165) is 17.0 Å². The van der Waals surface area contributed by atoms with Gasteiger partial charge in [0.15, 0.2) is 0 Å². The molecule has 1 aromatic carbocycles. The number of carbonyl (C=O) groups excluding carboxylic acids is 1. The summed E-state index contributed by atoms with van der Waals surface area (Å²) in [4.78, 5) is 17.8. The highest BCUT2D eigenvalue weighted by Gasteiger charge is 2.33. The molecule has 0 N–H and O–H groups in total. The number of carbonyl (C=O) groups is 1. The number of benzene rings is 1. The predicted molar refractivity (Wildman–Crippen MR) is 80.2 cm³/mol. The van der Waals surface area contributed by atoms with E-state index in [-0.39, 0.29) is 11.4 Å². The molecule has 0 fully saturated rings. The van der Waals surface area contributed by atoms with Crippen LogP contribution in [0.4, 0.5) is 0 Å². The van der Waals surface area contributed by atoms with Crippen LogP contribution in [0.15, 0.2) is 24.3 Å². The minimum Gasteiger partial charge on any atom is -0.465 e. The van der Waals surface area contributed by atoms with Crippen molar-refractivity contribution in [3.63, 3.8) is 0 Å². The summed E-state index contributed by atoms with van der Waals surface area (Å²) in [6.07, 6.45) is 2.28. The van der Waals surface area contributed by atoms with Gasteiger partial charge in [-0.05, 0) is 25.0 Å². The van der Waals surface area contributed by atoms with Crippen LogP contribution in [0, 0.1) is 0 Å². The molecular weight excluding hydrogens is 270 g/mol. The molecule has 1 aliphatic carbocycles. The van der Waals surface area contributed by atoms with E-state index >= 15 is 0 Å². The van der Waals surface area contributed by atoms with Crippen molar-refractivity contribution in [2.24, 2.45) is 0 Å². The minimum atomic E-state index is -0.309. The van der Waals surface area contributed by atoms with Crippen LogP contribution in [0.1, 0.15) is 41.2 Å². The molecule has 1 aromatic heterocycles. The second kappa shape index (κ2) is 4.70. The van der Waals surface area contributed by atoms with Crippen LogP contribution < -0.4 is 0 Å². The van der Waals surface area contributed by atoms with Gasteiger partial charge in [-0.1, -0.05) is 26.0 Å². The van der Waals surface area contributed by atoms with Crippen molar-refractivity contribution in [1.82, 2.24) is 4.98 Å². The number of thiazole rings is 1. The number of nitrogens with zero attached hydrogens (tertiary/aromatic N) is 1. The highest BCUT2D eigenvalue weighted by Crippen LogP contribution is 2.43. The second-order valence-electron chi connectivity index (χ2n) is 5.75. The third-order valence-corrected chi connectivity index (χ3v) is 5.01. The minimum absolute atomic E-state index is 0.171. The molecular formula is C16H17NO2S. The van der Waals surface area contributed by atoms with E-state index in [1.807, 2.05) is 18.2 Å². The molecule has 0 aliphatic heterocycles. The van der Waals surface area contributed by atoms with Crippen LogP contribution in [-0.2, 0) is 16.6 Å². The Labute approximate surface area is 122 Å². The molecule has 0 amide bonds. The van der Waals surface area contributed by atoms with Gasteiger partial charge < -0.3 is 4.74 Å². The monoisotopic (exact) mass is 287 g/mol. The Kier molecular flexibility index (Phi) is 3.13. The molecule has 0 spiro atoms. The number of fused-ring (bicyclic) bond motifs is 1. The Balaban J connectivity index is 2.01. The molecule has 2 aromatic rings. The lowest BCUT2D eigenvalue weighted by Gasteiger charge is -2.15. The lowest BCUT2D eigenvalue weighted by molar-refractivity contribution is 0.0601. The van der Waals surface area contributed by atoms with Crippen molar-refractivity contribution in [2.45, 2.75) is 32.1 Å². The van der Waals surface area contributed by atoms with Crippen LogP contribution in [0.5, 0.6) is 0 Å². The lowest BCUT2D eigenvalue weighted by atomic mass is 9.91. The molecule has 0 saturated carbocycles. The van der Waals surface area contributed by atoms with Crippen LogP contribution in [0.25, 0.3) is 10.6 Å². The highest BCUT2D eigenvalue weighted by atomic mass is 32.1. The Morgan fingerprint density at radius 1 is 1.40 bits per heavy atom. The first-order valence-electron chi connectivity index (χ1n) is 6.70. The summed E-state index contributed by atoms with van der Waals surface area (Å²) in [5.41, 5.74) is 2.95. The fourth-order valence-corrected chi connectivity index (χ4v) is 3.85. The zero-order valence-corrected chi connectivity index (χ0v) is 12.7. The number of esters is 1. The van der Waals surface area contributed by atoms with Gasteiger partial charge in [-0.15, -0.1) is 11.3 Å². The average Bonchev–Trinajstić information content (AvgIpc) is 3.00. The van der Waals surface area contributed by atoms with Gasteiger partial charge in [0.25, 0.3) is 0 Å². The van der Waals surface area contributed by atoms with Gasteiger partial charge >= 0.3 is 5.97 Å². The zero-order valence-electron chi connectivity index (χ0n) is 11.9. The quantitative estimate of drug-likeness (QED) is 0.788. The van der Waals surface area contributed by atoms with E-state index in [2.05, 4.69) is 13.8 Å².